The zero-order valence-corrected chi connectivity index (χ0v) is 29.9. The van der Waals surface area contributed by atoms with E-state index in [0.717, 1.165) is 24.5 Å². The van der Waals surface area contributed by atoms with Crippen molar-refractivity contribution in [2.75, 3.05) is 33.1 Å². The van der Waals surface area contributed by atoms with Gasteiger partial charge in [0.15, 0.2) is 0 Å². The molecular weight excluding hydrogens is 607 g/mol. The largest absolute Gasteiger partial charge is 0.362 e. The lowest BCUT2D eigenvalue weighted by Gasteiger charge is -2.43. The molecule has 49 heavy (non-hydrogen) atoms. The molecule has 0 aliphatic heterocycles. The van der Waals surface area contributed by atoms with E-state index < -0.39 is 11.1 Å². The first kappa shape index (κ1) is 36.9. The van der Waals surface area contributed by atoms with E-state index in [1.165, 1.54) is 66.9 Å². The van der Waals surface area contributed by atoms with Gasteiger partial charge < -0.3 is 5.73 Å². The van der Waals surface area contributed by atoms with Gasteiger partial charge in [-0.1, -0.05) is 130 Å². The van der Waals surface area contributed by atoms with Crippen LogP contribution in [0.5, 0.6) is 0 Å². The molecule has 4 aromatic rings. The fourth-order valence-electron chi connectivity index (χ4n) is 7.26. The Bertz CT molecular complexity index is 1560. The number of guanidine groups is 2. The minimum Gasteiger partial charge on any atom is -0.356 e. The van der Waals surface area contributed by atoms with Gasteiger partial charge in [0.25, 0.3) is 11.6 Å². The number of unbranched alkanes of at least 4 members (excludes halogenated alkanes) is 1. The lowest BCUT2D eigenvalue weighted by molar-refractivity contribution is -0.470. The Morgan fingerprint density at radius 2 is 1.27 bits per heavy atom. The fourth-order valence-corrected chi connectivity index (χ4v) is 7.26. The third-order valence-corrected chi connectivity index (χ3v) is 9.53. The van der Waals surface area contributed by atoms with Gasteiger partial charge in [0.2, 0.25) is 0 Å². The van der Waals surface area contributed by atoms with Crippen molar-refractivity contribution in [3.05, 3.63) is 125 Å². The van der Waals surface area contributed by atoms with Gasteiger partial charge in [-0.05, 0) is 25.0 Å². The molecule has 0 radical (unpaired) electrons. The van der Waals surface area contributed by atoms with Gasteiger partial charge in [-0.2, -0.15) is 27.6 Å². The second-order valence-corrected chi connectivity index (χ2v) is 13.4. The van der Waals surface area contributed by atoms with Crippen molar-refractivity contribution in [3.8, 4) is 0 Å². The number of aliphatic imine (C=N–C) groups is 1. The number of rotatable bonds is 9. The van der Waals surface area contributed by atoms with Crippen LogP contribution in [0, 0.1) is 10.1 Å². The van der Waals surface area contributed by atoms with Crippen molar-refractivity contribution in [1.82, 2.24) is 4.90 Å². The van der Waals surface area contributed by atoms with Gasteiger partial charge in [-0.25, -0.2) is 4.99 Å². The number of hydrogen-bond donors (Lipinski definition) is 1. The summed E-state index contributed by atoms with van der Waals surface area (Å²) in [6, 6.07) is 39.8. The predicted molar refractivity (Wildman–Crippen MR) is 209 cm³/mol. The lowest BCUT2D eigenvalue weighted by atomic mass is 9.14. The number of hydrogen-bond acceptors (Lipinski definition) is 3. The lowest BCUT2D eigenvalue weighted by Crippen LogP contribution is -2.66. The van der Waals surface area contributed by atoms with Crippen LogP contribution in [0.2, 0.25) is 6.32 Å². The molecule has 8 nitrogen and oxygen atoms in total. The van der Waals surface area contributed by atoms with Crippen LogP contribution in [-0.4, -0.2) is 66.7 Å². The third-order valence-electron chi connectivity index (χ3n) is 9.53. The van der Waals surface area contributed by atoms with Crippen molar-refractivity contribution < 1.29 is 9.50 Å². The number of nitro groups is 1. The molecule has 0 heterocycles. The summed E-state index contributed by atoms with van der Waals surface area (Å²) in [5, 5.41) is 11.0. The number of non-ortho nitro benzene ring substituents is 1. The van der Waals surface area contributed by atoms with Crippen molar-refractivity contribution >= 4 is 45.8 Å². The van der Waals surface area contributed by atoms with Crippen LogP contribution in [-0.2, 0) is 0 Å². The van der Waals surface area contributed by atoms with E-state index in [2.05, 4.69) is 97.9 Å². The molecule has 0 atom stereocenters. The highest BCUT2D eigenvalue weighted by molar-refractivity contribution is 7.11. The normalized spacial score (nSPS) is 13.5. The number of nitrogens with zero attached hydrogens (tertiary/aromatic N) is 5. The molecule has 4 aromatic carbocycles. The van der Waals surface area contributed by atoms with E-state index in [1.807, 2.05) is 42.6 Å². The van der Waals surface area contributed by atoms with Crippen molar-refractivity contribution in [3.63, 3.8) is 0 Å². The molecule has 2 N–H and O–H groups in total. The number of anilines is 1. The maximum absolute atomic E-state index is 11.0. The molecule has 0 aromatic heterocycles. The zero-order valence-electron chi connectivity index (χ0n) is 29.9. The van der Waals surface area contributed by atoms with Gasteiger partial charge >= 0.3 is 5.96 Å². The first-order valence-corrected chi connectivity index (χ1v) is 17.6. The van der Waals surface area contributed by atoms with E-state index in [4.69, 9.17) is 10.7 Å². The summed E-state index contributed by atoms with van der Waals surface area (Å²) in [5.41, 5.74) is 11.5. The van der Waals surface area contributed by atoms with E-state index in [0.29, 0.717) is 5.96 Å². The monoisotopic (exact) mass is 660 g/mol. The molecule has 0 saturated heterocycles. The van der Waals surface area contributed by atoms with E-state index in [-0.39, 0.29) is 11.7 Å². The highest BCUT2D eigenvalue weighted by atomic mass is 16.6. The Morgan fingerprint density at radius 1 is 0.796 bits per heavy atom. The maximum Gasteiger partial charge on any atom is 0.362 e. The molecule has 1 aliphatic carbocycles. The second-order valence-electron chi connectivity index (χ2n) is 13.4. The maximum atomic E-state index is 11.0. The summed E-state index contributed by atoms with van der Waals surface area (Å²) >= 11 is 0. The van der Waals surface area contributed by atoms with Gasteiger partial charge in [0, 0.05) is 12.1 Å². The Kier molecular flexibility index (Phi) is 13.6. The standard InChI is InChI=1S/C22H24B.C18H29N6O2/c1-2-3-19-23(20-13-7-4-8-14-20,21-15-9-5-10-16-21)22-17-11-6-12-18-22;1-21(2)18(22(3)4)23(15-10-12-16(13-11-15)24(25)26)17(19)20-14-8-6-5-7-9-14/h4-18H,2-3,19H2,1H3;10-14H,5-9H2,1-4H3,(H2,19,20)/q-1;+1. The van der Waals surface area contributed by atoms with Crippen LogP contribution in [0.15, 0.2) is 120 Å². The summed E-state index contributed by atoms with van der Waals surface area (Å²) in [4.78, 5) is 19.1. The molecule has 0 spiro atoms. The highest BCUT2D eigenvalue weighted by Gasteiger charge is 2.31. The molecule has 5 rings (SSSR count). The van der Waals surface area contributed by atoms with Gasteiger partial charge in [0.1, 0.15) is 5.69 Å². The predicted octanol–water partition coefficient (Wildman–Crippen LogP) is 6.20. The fraction of sp³-hybridized carbons (Fsp3) is 0.350. The summed E-state index contributed by atoms with van der Waals surface area (Å²) < 4.78 is 1.95. The van der Waals surface area contributed by atoms with Crippen LogP contribution >= 0.6 is 0 Å². The number of nitro benzene ring substituents is 1. The smallest absolute Gasteiger partial charge is 0.356 e. The van der Waals surface area contributed by atoms with E-state index in [9.17, 15) is 10.1 Å². The molecule has 0 bridgehead atoms. The van der Waals surface area contributed by atoms with E-state index in [1.54, 1.807) is 12.1 Å². The van der Waals surface area contributed by atoms with E-state index >= 15 is 0 Å². The minimum atomic E-state index is -0.913. The highest BCUT2D eigenvalue weighted by Crippen LogP contribution is 2.23. The molecular formula is C40H53BN6O2. The summed E-state index contributed by atoms with van der Waals surface area (Å²) in [7, 11) is 7.73. The van der Waals surface area contributed by atoms with Crippen molar-refractivity contribution in [2.24, 2.45) is 10.7 Å². The molecule has 9 heteroatoms. The topological polar surface area (TPSA) is 91.0 Å². The van der Waals surface area contributed by atoms with Crippen LogP contribution < -0.4 is 27.0 Å². The van der Waals surface area contributed by atoms with Crippen LogP contribution in [0.4, 0.5) is 11.4 Å². The summed E-state index contributed by atoms with van der Waals surface area (Å²) in [5.74, 6) is 1.24. The molecule has 258 valence electrons. The van der Waals surface area contributed by atoms with Gasteiger partial charge in [-0.15, -0.1) is 0 Å². The van der Waals surface area contributed by atoms with Gasteiger partial charge in [-0.3, -0.25) is 19.6 Å². The Hall–Kier alpha value is -4.92. The van der Waals surface area contributed by atoms with Crippen molar-refractivity contribution in [1.29, 1.82) is 0 Å². The average Bonchev–Trinajstić information content (AvgIpc) is 3.12. The second kappa shape index (κ2) is 18.0. The minimum absolute atomic E-state index is 0.0488. The van der Waals surface area contributed by atoms with Crippen LogP contribution in [0.25, 0.3) is 0 Å². The number of benzene rings is 4. The molecule has 0 unspecified atom stereocenters. The first-order valence-electron chi connectivity index (χ1n) is 17.6. The zero-order chi connectivity index (χ0) is 35.2. The molecule has 1 aliphatic rings. The summed E-state index contributed by atoms with van der Waals surface area (Å²) in [6.07, 6.45) is 8.44. The SMILES string of the molecule is CCCC[B-](c1ccccc1)(c1ccccc1)c1ccccc1.CN(C)C(N(C(N)=NC1CCCCC1)c1ccc([N+](=O)[O-])cc1)=[N+](C)C. The molecule has 1 fully saturated rings. The molecule has 0 amide bonds. The Labute approximate surface area is 293 Å². The Morgan fingerprint density at radius 3 is 1.65 bits per heavy atom. The van der Waals surface area contributed by atoms with Gasteiger partial charge in [0.05, 0.1) is 45.3 Å². The number of nitrogens with two attached hydrogens (primary N) is 1. The quantitative estimate of drug-likeness (QED) is 0.0577. The first-order chi connectivity index (χ1) is 23.7. The van der Waals surface area contributed by atoms with Crippen LogP contribution in [0.3, 0.4) is 0 Å². The Balaban J connectivity index is 0.000000222. The van der Waals surface area contributed by atoms with Crippen molar-refractivity contribution in [2.45, 2.75) is 64.2 Å². The third kappa shape index (κ3) is 9.37. The molecule has 1 saturated carbocycles. The summed E-state index contributed by atoms with van der Waals surface area (Å²) in [6.45, 7) is 2.28. The average molecular weight is 661 g/mol. The van der Waals surface area contributed by atoms with Crippen LogP contribution in [0.1, 0.15) is 51.9 Å².